The summed E-state index contributed by atoms with van der Waals surface area (Å²) in [5.74, 6) is -0.374. The fraction of sp³-hybridized carbons (Fsp3) is 0.591. The maximum absolute atomic E-state index is 13.7. The zero-order chi connectivity index (χ0) is 23.5. The Bertz CT molecular complexity index is 1110. The minimum atomic E-state index is -4.66. The third-order valence-corrected chi connectivity index (χ3v) is 7.34. The van der Waals surface area contributed by atoms with Gasteiger partial charge in [0.2, 0.25) is 5.91 Å². The first-order valence-corrected chi connectivity index (χ1v) is 11.5. The minimum absolute atomic E-state index is 0.0473. The van der Waals surface area contributed by atoms with Crippen molar-refractivity contribution in [2.24, 2.45) is 5.92 Å². The number of nitrogens with zero attached hydrogens (tertiary/aromatic N) is 4. The summed E-state index contributed by atoms with van der Waals surface area (Å²) in [6, 6.07) is 2.76. The highest BCUT2D eigenvalue weighted by Gasteiger charge is 2.41. The monoisotopic (exact) mass is 484 g/mol. The molecule has 2 saturated carbocycles. The Hall–Kier alpha value is -2.33. The summed E-state index contributed by atoms with van der Waals surface area (Å²) in [7, 11) is 0. The summed E-state index contributed by atoms with van der Waals surface area (Å²) >= 11 is 6.37. The van der Waals surface area contributed by atoms with Crippen LogP contribution in [-0.2, 0) is 11.0 Å². The molecule has 5 rings (SSSR count). The van der Waals surface area contributed by atoms with Gasteiger partial charge in [0, 0.05) is 25.7 Å². The molecule has 3 heterocycles. The lowest BCUT2D eigenvalue weighted by molar-refractivity contribution is -0.142. The number of hydrogen-bond acceptors (Lipinski definition) is 4. The second kappa shape index (κ2) is 8.16. The van der Waals surface area contributed by atoms with Crippen molar-refractivity contribution in [1.29, 1.82) is 0 Å². The molecule has 1 N–H and O–H groups in total. The number of pyridine rings is 1. The molecular formula is C22H24ClF3N4O3. The van der Waals surface area contributed by atoms with Crippen LogP contribution in [0.25, 0.3) is 5.52 Å². The van der Waals surface area contributed by atoms with Gasteiger partial charge in [-0.05, 0) is 61.6 Å². The van der Waals surface area contributed by atoms with Crippen LogP contribution in [-0.4, -0.2) is 68.6 Å². The first-order chi connectivity index (χ1) is 15.7. The molecule has 178 valence electrons. The summed E-state index contributed by atoms with van der Waals surface area (Å²) in [5, 5.41) is 12.8. The van der Waals surface area contributed by atoms with E-state index < -0.39 is 17.8 Å². The molecule has 11 heteroatoms. The summed E-state index contributed by atoms with van der Waals surface area (Å²) in [4.78, 5) is 28.8. The molecule has 0 spiro atoms. The topological polar surface area (TPSA) is 78.2 Å². The molecule has 3 fully saturated rings. The van der Waals surface area contributed by atoms with E-state index in [0.29, 0.717) is 22.5 Å². The second-order valence-electron chi connectivity index (χ2n) is 9.22. The average molecular weight is 485 g/mol. The number of fused-ring (bicyclic) bond motifs is 1. The fourth-order valence-electron chi connectivity index (χ4n) is 4.90. The summed E-state index contributed by atoms with van der Waals surface area (Å²) < 4.78 is 41.8. The van der Waals surface area contributed by atoms with Crippen molar-refractivity contribution in [2.75, 3.05) is 26.2 Å². The van der Waals surface area contributed by atoms with Gasteiger partial charge in [0.25, 0.3) is 5.91 Å². The lowest BCUT2D eigenvalue weighted by Crippen LogP contribution is -2.58. The van der Waals surface area contributed by atoms with Crippen LogP contribution in [0.2, 0.25) is 5.02 Å². The van der Waals surface area contributed by atoms with Gasteiger partial charge >= 0.3 is 6.18 Å². The molecular weight excluding hydrogens is 461 g/mol. The van der Waals surface area contributed by atoms with E-state index in [1.54, 1.807) is 11.0 Å². The molecule has 0 radical (unpaired) electrons. The number of aliphatic hydroxyl groups excluding tert-OH is 1. The minimum Gasteiger partial charge on any atom is -0.396 e. The molecule has 2 aromatic rings. The highest BCUT2D eigenvalue weighted by molar-refractivity contribution is 6.36. The predicted molar refractivity (Wildman–Crippen MR) is 113 cm³/mol. The van der Waals surface area contributed by atoms with E-state index in [0.717, 1.165) is 38.2 Å². The summed E-state index contributed by atoms with van der Waals surface area (Å²) in [6.07, 6.45) is -0.628. The quantitative estimate of drug-likeness (QED) is 0.706. The maximum atomic E-state index is 13.7. The number of carbonyl (C=O) groups excluding carboxylic acids is 2. The van der Waals surface area contributed by atoms with E-state index in [1.807, 2.05) is 0 Å². The smallest absolute Gasteiger partial charge is 0.396 e. The first kappa shape index (κ1) is 22.5. The molecule has 7 nitrogen and oxygen atoms in total. The number of aromatic nitrogens is 2. The summed E-state index contributed by atoms with van der Waals surface area (Å²) in [5.41, 5.74) is -0.653. The normalized spacial score (nSPS) is 23.8. The molecule has 0 aromatic carbocycles. The van der Waals surface area contributed by atoms with Crippen LogP contribution < -0.4 is 0 Å². The molecule has 3 aliphatic rings. The van der Waals surface area contributed by atoms with Crippen molar-refractivity contribution in [1.82, 2.24) is 19.4 Å². The Labute approximate surface area is 193 Å². The first-order valence-electron chi connectivity index (χ1n) is 11.2. The van der Waals surface area contributed by atoms with Gasteiger partial charge < -0.3 is 14.9 Å². The number of aliphatic hydroxyl groups is 1. The molecule has 2 aliphatic carbocycles. The molecule has 1 saturated heterocycles. The van der Waals surface area contributed by atoms with E-state index in [2.05, 4.69) is 5.10 Å². The molecule has 0 bridgehead atoms. The third-order valence-electron chi connectivity index (χ3n) is 6.97. The Morgan fingerprint density at radius 1 is 1.21 bits per heavy atom. The standard InChI is InChI=1S/C22H24ClF3N4O3/c23-19-16-9-14(13-1-2-13)10-17(22(24,25)26)30(16)27-20(19)21(33)28-4-5-29(18(32)11-28)15-7-12(8-15)3-6-31/h9-10,12-13,15,31H,1-8,11H2/t12-,15-. The van der Waals surface area contributed by atoms with Crippen molar-refractivity contribution in [2.45, 2.75) is 50.2 Å². The van der Waals surface area contributed by atoms with E-state index in [-0.39, 0.29) is 53.8 Å². The van der Waals surface area contributed by atoms with Crippen LogP contribution >= 0.6 is 11.6 Å². The highest BCUT2D eigenvalue weighted by atomic mass is 35.5. The van der Waals surface area contributed by atoms with Gasteiger partial charge in [0.15, 0.2) is 5.69 Å². The van der Waals surface area contributed by atoms with Gasteiger partial charge in [-0.2, -0.15) is 18.3 Å². The van der Waals surface area contributed by atoms with E-state index >= 15 is 0 Å². The van der Waals surface area contributed by atoms with Gasteiger partial charge in [-0.25, -0.2) is 4.52 Å². The predicted octanol–water partition coefficient (Wildman–Crippen LogP) is 3.33. The maximum Gasteiger partial charge on any atom is 0.433 e. The Balaban J connectivity index is 1.37. The fourth-order valence-corrected chi connectivity index (χ4v) is 5.15. The molecule has 2 aromatic heterocycles. The van der Waals surface area contributed by atoms with E-state index in [4.69, 9.17) is 16.7 Å². The number of hydrogen-bond donors (Lipinski definition) is 1. The van der Waals surface area contributed by atoms with Crippen molar-refractivity contribution in [3.05, 3.63) is 34.1 Å². The number of piperazine rings is 1. The van der Waals surface area contributed by atoms with Crippen molar-refractivity contribution < 1.29 is 27.9 Å². The second-order valence-corrected chi connectivity index (χ2v) is 9.60. The number of carbonyl (C=O) groups is 2. The van der Waals surface area contributed by atoms with Crippen LogP contribution in [0, 0.1) is 5.92 Å². The van der Waals surface area contributed by atoms with Crippen LogP contribution in [0.15, 0.2) is 12.1 Å². The van der Waals surface area contributed by atoms with E-state index in [1.165, 1.54) is 4.90 Å². The molecule has 0 unspecified atom stereocenters. The SMILES string of the molecule is O=C(c1nn2c(C(F)(F)F)cc(C3CC3)cc2c1Cl)N1CCN([C@H]2C[C@H](CCO)C2)C(=O)C1. The zero-order valence-electron chi connectivity index (χ0n) is 17.8. The highest BCUT2D eigenvalue weighted by Crippen LogP contribution is 2.43. The molecule has 33 heavy (non-hydrogen) atoms. The Kier molecular flexibility index (Phi) is 5.55. The van der Waals surface area contributed by atoms with Crippen molar-refractivity contribution in [3.8, 4) is 0 Å². The summed E-state index contributed by atoms with van der Waals surface area (Å²) in [6.45, 7) is 0.580. The van der Waals surface area contributed by atoms with Crippen LogP contribution in [0.5, 0.6) is 0 Å². The lowest BCUT2D eigenvalue weighted by Gasteiger charge is -2.46. The number of halogens is 4. The third kappa shape index (κ3) is 4.07. The van der Waals surface area contributed by atoms with Gasteiger partial charge in [-0.15, -0.1) is 0 Å². The Morgan fingerprint density at radius 2 is 1.94 bits per heavy atom. The lowest BCUT2D eigenvalue weighted by atomic mass is 9.77. The number of alkyl halides is 3. The number of rotatable bonds is 5. The van der Waals surface area contributed by atoms with Crippen LogP contribution in [0.4, 0.5) is 13.2 Å². The number of amides is 2. The van der Waals surface area contributed by atoms with Gasteiger partial charge in [0.1, 0.15) is 12.2 Å². The molecule has 0 atom stereocenters. The zero-order valence-corrected chi connectivity index (χ0v) is 18.6. The Morgan fingerprint density at radius 3 is 2.55 bits per heavy atom. The van der Waals surface area contributed by atoms with Crippen LogP contribution in [0.3, 0.4) is 0 Å². The van der Waals surface area contributed by atoms with Gasteiger partial charge in [0.05, 0.1) is 10.5 Å². The van der Waals surface area contributed by atoms with Crippen molar-refractivity contribution in [3.63, 3.8) is 0 Å². The van der Waals surface area contributed by atoms with Gasteiger partial charge in [-0.1, -0.05) is 11.6 Å². The largest absolute Gasteiger partial charge is 0.433 e. The van der Waals surface area contributed by atoms with Gasteiger partial charge in [-0.3, -0.25) is 9.59 Å². The molecule has 2 amide bonds. The molecule has 1 aliphatic heterocycles. The van der Waals surface area contributed by atoms with E-state index in [9.17, 15) is 22.8 Å². The van der Waals surface area contributed by atoms with Crippen LogP contribution in [0.1, 0.15) is 59.8 Å². The average Bonchev–Trinajstić information content (AvgIpc) is 3.53. The van der Waals surface area contributed by atoms with Crippen molar-refractivity contribution >= 4 is 28.9 Å².